The van der Waals surface area contributed by atoms with E-state index in [0.717, 1.165) is 0 Å². The molecule has 0 radical (unpaired) electrons. The highest BCUT2D eigenvalue weighted by Crippen LogP contribution is 2.24. The van der Waals surface area contributed by atoms with Gasteiger partial charge in [0.2, 0.25) is 5.91 Å². The molecule has 0 spiro atoms. The lowest BCUT2D eigenvalue weighted by Gasteiger charge is -2.23. The lowest BCUT2D eigenvalue weighted by molar-refractivity contribution is -0.126. The fraction of sp³-hybridized carbons (Fsp3) is 0.471. The lowest BCUT2D eigenvalue weighted by atomic mass is 10.1. The van der Waals surface area contributed by atoms with Crippen molar-refractivity contribution in [1.82, 2.24) is 14.9 Å². The van der Waals surface area contributed by atoms with E-state index < -0.39 is 24.9 Å². The summed E-state index contributed by atoms with van der Waals surface area (Å²) < 4.78 is 14.1. The lowest BCUT2D eigenvalue weighted by Crippen LogP contribution is -2.47. The first kappa shape index (κ1) is 16.6. The summed E-state index contributed by atoms with van der Waals surface area (Å²) in [5.74, 6) is 0.199. The van der Waals surface area contributed by atoms with E-state index in [2.05, 4.69) is 10.3 Å². The van der Waals surface area contributed by atoms with E-state index in [1.807, 2.05) is 6.07 Å². The number of alkyl halides is 1. The van der Waals surface area contributed by atoms with E-state index in [-0.39, 0.29) is 11.5 Å². The molecule has 0 saturated carbocycles. The van der Waals surface area contributed by atoms with Crippen LogP contribution >= 0.6 is 0 Å². The highest BCUT2D eigenvalue weighted by atomic mass is 19.1. The molecular weight excluding hydrogens is 313 g/mol. The second-order valence-electron chi connectivity index (χ2n) is 6.02. The van der Waals surface area contributed by atoms with Gasteiger partial charge >= 0.3 is 0 Å². The van der Waals surface area contributed by atoms with Crippen LogP contribution in [0.2, 0.25) is 0 Å². The molecule has 1 aliphatic rings. The van der Waals surface area contributed by atoms with Crippen LogP contribution in [0.5, 0.6) is 0 Å². The standard InChI is InChI=1S/C17H20FN3O3/c1-2-11(14(22)9-18)20-16(23)13-7-8-15-19-12-6-4-3-5-10(12)17(24)21(13)15/h3-6,11,13-14,22H,2,7-9H2,1H3,(H,20,23)/t11?,13-,14?/m0/s1. The Morgan fingerprint density at radius 2 is 2.25 bits per heavy atom. The Kier molecular flexibility index (Phi) is 4.62. The smallest absolute Gasteiger partial charge is 0.262 e. The number of carbonyl (C=O) groups excluding carboxylic acids is 1. The van der Waals surface area contributed by atoms with Gasteiger partial charge in [0.1, 0.15) is 24.6 Å². The maximum atomic E-state index is 12.7. The number of fused-ring (bicyclic) bond motifs is 2. The van der Waals surface area contributed by atoms with E-state index in [4.69, 9.17) is 0 Å². The van der Waals surface area contributed by atoms with Crippen LogP contribution in [0.15, 0.2) is 29.1 Å². The number of nitrogens with zero attached hydrogens (tertiary/aromatic N) is 2. The molecule has 0 saturated heterocycles. The van der Waals surface area contributed by atoms with Crippen molar-refractivity contribution in [3.05, 3.63) is 40.4 Å². The summed E-state index contributed by atoms with van der Waals surface area (Å²) >= 11 is 0. The van der Waals surface area contributed by atoms with Gasteiger partial charge in [-0.2, -0.15) is 0 Å². The third-order valence-corrected chi connectivity index (χ3v) is 4.53. The minimum absolute atomic E-state index is 0.243. The number of aliphatic hydroxyl groups is 1. The van der Waals surface area contributed by atoms with E-state index in [9.17, 15) is 19.1 Å². The molecule has 1 amide bonds. The second-order valence-corrected chi connectivity index (χ2v) is 6.02. The normalized spacial score (nSPS) is 19.0. The molecule has 6 nitrogen and oxygen atoms in total. The Morgan fingerprint density at radius 1 is 1.50 bits per heavy atom. The van der Waals surface area contributed by atoms with Crippen LogP contribution in [0, 0.1) is 0 Å². The molecule has 1 aromatic carbocycles. The van der Waals surface area contributed by atoms with Gasteiger partial charge in [0.05, 0.1) is 16.9 Å². The van der Waals surface area contributed by atoms with E-state index >= 15 is 0 Å². The Morgan fingerprint density at radius 3 is 2.96 bits per heavy atom. The number of benzene rings is 1. The largest absolute Gasteiger partial charge is 0.388 e. The Bertz CT molecular complexity index is 820. The molecule has 2 heterocycles. The molecule has 24 heavy (non-hydrogen) atoms. The molecule has 2 N–H and O–H groups in total. The van der Waals surface area contributed by atoms with Crippen molar-refractivity contribution in [1.29, 1.82) is 0 Å². The summed E-state index contributed by atoms with van der Waals surface area (Å²) in [5.41, 5.74) is 0.376. The predicted molar refractivity (Wildman–Crippen MR) is 87.6 cm³/mol. The minimum Gasteiger partial charge on any atom is -0.388 e. The number of amides is 1. The second kappa shape index (κ2) is 6.68. The van der Waals surface area contributed by atoms with Crippen molar-refractivity contribution in [3.63, 3.8) is 0 Å². The summed E-state index contributed by atoms with van der Waals surface area (Å²) in [7, 11) is 0. The summed E-state index contributed by atoms with van der Waals surface area (Å²) in [4.78, 5) is 29.7. The van der Waals surface area contributed by atoms with Crippen LogP contribution < -0.4 is 10.9 Å². The van der Waals surface area contributed by atoms with Gasteiger partial charge in [0.15, 0.2) is 0 Å². The number of halogens is 1. The summed E-state index contributed by atoms with van der Waals surface area (Å²) in [6.45, 7) is 0.833. The third-order valence-electron chi connectivity index (χ3n) is 4.53. The summed E-state index contributed by atoms with van der Waals surface area (Å²) in [6, 6.07) is 5.69. The number of carbonyl (C=O) groups is 1. The highest BCUT2D eigenvalue weighted by molar-refractivity contribution is 5.83. The van der Waals surface area contributed by atoms with Gasteiger partial charge < -0.3 is 10.4 Å². The van der Waals surface area contributed by atoms with Crippen molar-refractivity contribution in [2.45, 2.75) is 44.4 Å². The molecule has 0 aliphatic carbocycles. The molecule has 7 heteroatoms. The van der Waals surface area contributed by atoms with Crippen molar-refractivity contribution >= 4 is 16.8 Å². The molecular formula is C17H20FN3O3. The van der Waals surface area contributed by atoms with Gasteiger partial charge in [-0.05, 0) is 25.0 Å². The molecule has 2 unspecified atom stereocenters. The molecule has 1 aliphatic heterocycles. The number of aryl methyl sites for hydroxylation is 1. The first-order valence-electron chi connectivity index (χ1n) is 8.11. The fourth-order valence-corrected chi connectivity index (χ4v) is 3.19. The molecule has 3 atom stereocenters. The van der Waals surface area contributed by atoms with Gasteiger partial charge in [-0.15, -0.1) is 0 Å². The molecule has 0 fully saturated rings. The van der Waals surface area contributed by atoms with E-state index in [1.165, 1.54) is 4.57 Å². The van der Waals surface area contributed by atoms with Crippen molar-refractivity contribution in [2.24, 2.45) is 0 Å². The van der Waals surface area contributed by atoms with Gasteiger partial charge in [0, 0.05) is 6.42 Å². The Labute approximate surface area is 138 Å². The third kappa shape index (κ3) is 2.80. The number of rotatable bonds is 5. The molecule has 128 valence electrons. The number of aromatic nitrogens is 2. The van der Waals surface area contributed by atoms with Crippen molar-refractivity contribution in [2.75, 3.05) is 6.67 Å². The zero-order valence-corrected chi connectivity index (χ0v) is 13.4. The van der Waals surface area contributed by atoms with E-state index in [1.54, 1.807) is 25.1 Å². The Hall–Kier alpha value is -2.28. The predicted octanol–water partition coefficient (Wildman–Crippen LogP) is 1.11. The summed E-state index contributed by atoms with van der Waals surface area (Å²) in [5, 5.41) is 12.8. The van der Waals surface area contributed by atoms with Crippen LogP contribution in [0.4, 0.5) is 4.39 Å². The zero-order chi connectivity index (χ0) is 17.3. The molecule has 3 rings (SSSR count). The molecule has 0 bridgehead atoms. The minimum atomic E-state index is -1.24. The highest BCUT2D eigenvalue weighted by Gasteiger charge is 2.33. The maximum absolute atomic E-state index is 12.7. The number of nitrogens with one attached hydrogen (secondary N) is 1. The first-order valence-corrected chi connectivity index (χ1v) is 8.11. The topological polar surface area (TPSA) is 84.2 Å². The average Bonchev–Trinajstić information content (AvgIpc) is 3.03. The average molecular weight is 333 g/mol. The fourth-order valence-electron chi connectivity index (χ4n) is 3.19. The van der Waals surface area contributed by atoms with Gasteiger partial charge in [-0.25, -0.2) is 9.37 Å². The van der Waals surface area contributed by atoms with Crippen LogP contribution in [0.1, 0.15) is 31.6 Å². The van der Waals surface area contributed by atoms with Crippen LogP contribution in [0.25, 0.3) is 10.9 Å². The zero-order valence-electron chi connectivity index (χ0n) is 13.4. The number of hydrogen-bond acceptors (Lipinski definition) is 4. The Balaban J connectivity index is 1.93. The number of para-hydroxylation sites is 1. The quantitative estimate of drug-likeness (QED) is 0.858. The van der Waals surface area contributed by atoms with Gasteiger partial charge in [-0.1, -0.05) is 19.1 Å². The number of hydrogen-bond donors (Lipinski definition) is 2. The van der Waals surface area contributed by atoms with Crippen LogP contribution in [-0.4, -0.2) is 39.4 Å². The van der Waals surface area contributed by atoms with Crippen LogP contribution in [-0.2, 0) is 11.2 Å². The van der Waals surface area contributed by atoms with Crippen LogP contribution in [0.3, 0.4) is 0 Å². The molecule has 1 aromatic heterocycles. The monoisotopic (exact) mass is 333 g/mol. The van der Waals surface area contributed by atoms with Crippen molar-refractivity contribution < 1.29 is 14.3 Å². The first-order chi connectivity index (χ1) is 11.6. The number of aliphatic hydroxyl groups excluding tert-OH is 1. The van der Waals surface area contributed by atoms with Crippen molar-refractivity contribution in [3.8, 4) is 0 Å². The molecule has 2 aromatic rings. The van der Waals surface area contributed by atoms with Gasteiger partial charge in [0.25, 0.3) is 5.56 Å². The van der Waals surface area contributed by atoms with E-state index in [0.29, 0.717) is 36.0 Å². The maximum Gasteiger partial charge on any atom is 0.262 e. The van der Waals surface area contributed by atoms with Gasteiger partial charge in [-0.3, -0.25) is 14.2 Å². The SMILES string of the molecule is CCC(NC(=O)[C@@H]1CCc2nc3ccccc3c(=O)n21)C(O)CF. The summed E-state index contributed by atoms with van der Waals surface area (Å²) in [6.07, 6.45) is 0.153.